The second-order valence-corrected chi connectivity index (χ2v) is 7.91. The van der Waals surface area contributed by atoms with Gasteiger partial charge in [0.05, 0.1) is 11.7 Å². The molecule has 4 atom stereocenters. The van der Waals surface area contributed by atoms with Crippen LogP contribution < -0.4 is 10.1 Å². The summed E-state index contributed by atoms with van der Waals surface area (Å²) in [6.45, 7) is 2.79. The number of aliphatic hydroxyl groups excluding tert-OH is 2. The number of benzene rings is 1. The summed E-state index contributed by atoms with van der Waals surface area (Å²) in [5, 5.41) is 25.3. The van der Waals surface area contributed by atoms with Crippen LogP contribution in [0.3, 0.4) is 0 Å². The van der Waals surface area contributed by atoms with E-state index in [1.165, 1.54) is 6.33 Å². The van der Waals surface area contributed by atoms with E-state index in [4.69, 9.17) is 4.74 Å². The van der Waals surface area contributed by atoms with Crippen LogP contribution in [0, 0.1) is 18.6 Å². The van der Waals surface area contributed by atoms with E-state index >= 15 is 0 Å². The number of rotatable bonds is 3. The molecule has 5 rings (SSSR count). The Kier molecular flexibility index (Phi) is 4.68. The lowest BCUT2D eigenvalue weighted by Crippen LogP contribution is -2.35. The Labute approximate surface area is 171 Å². The van der Waals surface area contributed by atoms with Crippen molar-refractivity contribution in [2.45, 2.75) is 50.7 Å². The van der Waals surface area contributed by atoms with Crippen molar-refractivity contribution < 1.29 is 23.7 Å². The highest BCUT2D eigenvalue weighted by Gasteiger charge is 2.44. The first kappa shape index (κ1) is 19.3. The standard InChI is InChI=1S/C21H22F2N4O3/c1-10-11-3-5-27(21(11)26-9-25-10)15-7-17(20(29)19(15)28)30-16-6-14(22)18(23)12-2-4-24-8-13(12)16/h3,5-6,9,15,17,19-20,24,28-29H,2,4,7-8H2,1H3/t15?,17?,19-,20+/m0/s1. The van der Waals surface area contributed by atoms with Crippen LogP contribution >= 0.6 is 0 Å². The third-order valence-electron chi connectivity index (χ3n) is 6.19. The van der Waals surface area contributed by atoms with Gasteiger partial charge in [-0.15, -0.1) is 0 Å². The zero-order chi connectivity index (χ0) is 21.0. The predicted molar refractivity (Wildman–Crippen MR) is 104 cm³/mol. The van der Waals surface area contributed by atoms with Gasteiger partial charge in [0, 0.05) is 41.7 Å². The van der Waals surface area contributed by atoms with Crippen molar-refractivity contribution in [1.29, 1.82) is 0 Å². The van der Waals surface area contributed by atoms with E-state index in [0.717, 1.165) is 17.1 Å². The van der Waals surface area contributed by atoms with Gasteiger partial charge in [0.2, 0.25) is 0 Å². The molecule has 30 heavy (non-hydrogen) atoms. The fraction of sp³-hybridized carbons (Fsp3) is 0.429. The van der Waals surface area contributed by atoms with Gasteiger partial charge in [0.15, 0.2) is 11.6 Å². The largest absolute Gasteiger partial charge is 0.487 e. The molecular formula is C21H22F2N4O3. The van der Waals surface area contributed by atoms with Crippen LogP contribution in [0.15, 0.2) is 24.7 Å². The molecule has 9 heteroatoms. The van der Waals surface area contributed by atoms with Gasteiger partial charge in [0.25, 0.3) is 0 Å². The molecule has 2 aliphatic rings. The summed E-state index contributed by atoms with van der Waals surface area (Å²) in [5.74, 6) is -1.63. The van der Waals surface area contributed by atoms with Crippen molar-refractivity contribution in [1.82, 2.24) is 19.9 Å². The molecule has 2 aromatic heterocycles. The summed E-state index contributed by atoms with van der Waals surface area (Å²) in [7, 11) is 0. The van der Waals surface area contributed by atoms with Gasteiger partial charge in [-0.25, -0.2) is 18.7 Å². The molecule has 0 saturated heterocycles. The fourth-order valence-corrected chi connectivity index (χ4v) is 4.57. The monoisotopic (exact) mass is 416 g/mol. The van der Waals surface area contributed by atoms with Crippen LogP contribution in [-0.2, 0) is 13.0 Å². The number of aliphatic hydroxyl groups is 2. The molecule has 1 saturated carbocycles. The normalized spacial score (nSPS) is 26.2. The minimum atomic E-state index is -1.18. The summed E-state index contributed by atoms with van der Waals surface area (Å²) in [6.07, 6.45) is 0.856. The van der Waals surface area contributed by atoms with E-state index < -0.39 is 36.0 Å². The highest BCUT2D eigenvalue weighted by atomic mass is 19.2. The van der Waals surface area contributed by atoms with Gasteiger partial charge in [0.1, 0.15) is 36.0 Å². The average molecular weight is 416 g/mol. The maximum atomic E-state index is 14.2. The summed E-state index contributed by atoms with van der Waals surface area (Å²) in [5.41, 5.74) is 2.34. The molecule has 0 spiro atoms. The van der Waals surface area contributed by atoms with Crippen molar-refractivity contribution in [3.8, 4) is 5.75 Å². The molecule has 0 radical (unpaired) electrons. The summed E-state index contributed by atoms with van der Waals surface area (Å²) >= 11 is 0. The third-order valence-corrected chi connectivity index (χ3v) is 6.19. The van der Waals surface area contributed by atoms with Crippen molar-refractivity contribution >= 4 is 11.0 Å². The molecule has 0 amide bonds. The number of fused-ring (bicyclic) bond motifs is 2. The first-order chi connectivity index (χ1) is 14.5. The van der Waals surface area contributed by atoms with Crippen LogP contribution in [0.25, 0.3) is 11.0 Å². The summed E-state index contributed by atoms with van der Waals surface area (Å²) in [6, 6.07) is 2.42. The number of ether oxygens (including phenoxy) is 1. The topological polar surface area (TPSA) is 92.4 Å². The Bertz CT molecular complexity index is 1120. The molecule has 158 valence electrons. The molecule has 2 unspecified atom stereocenters. The van der Waals surface area contributed by atoms with E-state index in [-0.39, 0.29) is 12.2 Å². The zero-order valence-electron chi connectivity index (χ0n) is 16.3. The van der Waals surface area contributed by atoms with Crippen LogP contribution in [-0.4, -0.2) is 49.6 Å². The average Bonchev–Trinajstić information content (AvgIpc) is 3.29. The van der Waals surface area contributed by atoms with Crippen molar-refractivity contribution in [2.75, 3.05) is 6.54 Å². The minimum absolute atomic E-state index is 0.198. The predicted octanol–water partition coefficient (Wildman–Crippen LogP) is 1.78. The third kappa shape index (κ3) is 2.96. The van der Waals surface area contributed by atoms with Crippen molar-refractivity contribution in [2.24, 2.45) is 0 Å². The molecule has 1 fully saturated rings. The van der Waals surface area contributed by atoms with Crippen LogP contribution in [0.5, 0.6) is 5.75 Å². The number of halogens is 2. The summed E-state index contributed by atoms with van der Waals surface area (Å²) < 4.78 is 36.1. The lowest BCUT2D eigenvalue weighted by Gasteiger charge is -2.25. The second kappa shape index (κ2) is 7.26. The van der Waals surface area contributed by atoms with E-state index in [0.29, 0.717) is 36.3 Å². The Balaban J connectivity index is 1.46. The molecule has 7 nitrogen and oxygen atoms in total. The van der Waals surface area contributed by atoms with Gasteiger partial charge in [-0.2, -0.15) is 0 Å². The quantitative estimate of drug-likeness (QED) is 0.603. The number of hydrogen-bond acceptors (Lipinski definition) is 6. The Morgan fingerprint density at radius 1 is 1.20 bits per heavy atom. The molecule has 3 N–H and O–H groups in total. The number of nitrogens with zero attached hydrogens (tertiary/aromatic N) is 3. The van der Waals surface area contributed by atoms with Gasteiger partial charge in [-0.05, 0) is 26.0 Å². The van der Waals surface area contributed by atoms with E-state index in [9.17, 15) is 19.0 Å². The van der Waals surface area contributed by atoms with Gasteiger partial charge in [-0.3, -0.25) is 0 Å². The maximum absolute atomic E-state index is 14.2. The van der Waals surface area contributed by atoms with Crippen molar-refractivity contribution in [3.63, 3.8) is 0 Å². The van der Waals surface area contributed by atoms with Gasteiger partial charge >= 0.3 is 0 Å². The van der Waals surface area contributed by atoms with Crippen LogP contribution in [0.1, 0.15) is 29.3 Å². The number of nitrogens with one attached hydrogen (secondary N) is 1. The molecule has 3 aromatic rings. The minimum Gasteiger partial charge on any atom is -0.487 e. The Morgan fingerprint density at radius 3 is 2.87 bits per heavy atom. The molecule has 1 aliphatic heterocycles. The van der Waals surface area contributed by atoms with Gasteiger partial charge < -0.3 is 24.8 Å². The lowest BCUT2D eigenvalue weighted by atomic mass is 9.99. The highest BCUT2D eigenvalue weighted by Crippen LogP contribution is 2.38. The fourth-order valence-electron chi connectivity index (χ4n) is 4.57. The second-order valence-electron chi connectivity index (χ2n) is 7.91. The van der Waals surface area contributed by atoms with Crippen LogP contribution in [0.4, 0.5) is 8.78 Å². The maximum Gasteiger partial charge on any atom is 0.162 e. The smallest absolute Gasteiger partial charge is 0.162 e. The lowest BCUT2D eigenvalue weighted by molar-refractivity contribution is -0.0167. The van der Waals surface area contributed by atoms with Crippen LogP contribution in [0.2, 0.25) is 0 Å². The molecule has 0 bridgehead atoms. The molecule has 1 aromatic carbocycles. The van der Waals surface area contributed by atoms with E-state index in [2.05, 4.69) is 15.3 Å². The highest BCUT2D eigenvalue weighted by molar-refractivity contribution is 5.78. The Hall–Kier alpha value is -2.62. The molecule has 3 heterocycles. The number of aromatic nitrogens is 3. The first-order valence-electron chi connectivity index (χ1n) is 9.97. The number of aryl methyl sites for hydroxylation is 1. The Morgan fingerprint density at radius 2 is 2.03 bits per heavy atom. The van der Waals surface area contributed by atoms with E-state index in [1.807, 2.05) is 17.6 Å². The van der Waals surface area contributed by atoms with Crippen molar-refractivity contribution in [3.05, 3.63) is 53.1 Å². The SMILES string of the molecule is Cc1ncnc2c1ccn2C1CC(Oc2cc(F)c(F)c3c2CNCC3)[C@@H](O)[C@H]1O. The summed E-state index contributed by atoms with van der Waals surface area (Å²) in [4.78, 5) is 8.49. The molecule has 1 aliphatic carbocycles. The molecular weight excluding hydrogens is 394 g/mol. The van der Waals surface area contributed by atoms with Gasteiger partial charge in [-0.1, -0.05) is 0 Å². The zero-order valence-corrected chi connectivity index (χ0v) is 16.3. The van der Waals surface area contributed by atoms with E-state index in [1.54, 1.807) is 6.20 Å². The first-order valence-corrected chi connectivity index (χ1v) is 9.97. The number of hydrogen-bond donors (Lipinski definition) is 3.